The van der Waals surface area contributed by atoms with E-state index in [0.29, 0.717) is 11.6 Å². The maximum Gasteiger partial charge on any atom is 0.182 e. The number of nitrogens with zero attached hydrogens (tertiary/aromatic N) is 3. The van der Waals surface area contributed by atoms with E-state index in [1.165, 1.54) is 0 Å². The van der Waals surface area contributed by atoms with Gasteiger partial charge in [-0.3, -0.25) is 5.32 Å². The number of nitrogens with one attached hydrogen (secondary N) is 2. The van der Waals surface area contributed by atoms with Crippen LogP contribution in [-0.2, 0) is 0 Å². The highest BCUT2D eigenvalue weighted by atomic mass is 15.1. The van der Waals surface area contributed by atoms with Gasteiger partial charge in [0.2, 0.25) is 0 Å². The molecule has 2 N–H and O–H groups in total. The van der Waals surface area contributed by atoms with Crippen LogP contribution in [0.5, 0.6) is 0 Å². The number of nitriles is 1. The van der Waals surface area contributed by atoms with Gasteiger partial charge in [0, 0.05) is 12.6 Å². The summed E-state index contributed by atoms with van der Waals surface area (Å²) in [5.41, 5.74) is 0.224. The number of hydrogen-bond donors (Lipinski definition) is 2. The first-order chi connectivity index (χ1) is 7.96. The van der Waals surface area contributed by atoms with Crippen LogP contribution in [0.4, 0.5) is 11.6 Å². The van der Waals surface area contributed by atoms with E-state index in [-0.39, 0.29) is 5.41 Å². The zero-order chi connectivity index (χ0) is 12.9. The summed E-state index contributed by atoms with van der Waals surface area (Å²) in [6.45, 7) is 9.20. The molecule has 0 aromatic carbocycles. The fourth-order valence-corrected chi connectivity index (χ4v) is 1.23. The van der Waals surface area contributed by atoms with Crippen molar-refractivity contribution in [2.75, 3.05) is 17.2 Å². The van der Waals surface area contributed by atoms with E-state index in [2.05, 4.69) is 41.4 Å². The average Bonchev–Trinajstić information content (AvgIpc) is 2.26. The molecule has 0 atom stereocenters. The van der Waals surface area contributed by atoms with Crippen molar-refractivity contribution in [3.63, 3.8) is 0 Å². The molecular formula is C12H19N5. The minimum absolute atomic E-state index is 0.224. The molecule has 5 heteroatoms. The van der Waals surface area contributed by atoms with Crippen LogP contribution in [-0.4, -0.2) is 16.5 Å². The van der Waals surface area contributed by atoms with Crippen molar-refractivity contribution < 1.29 is 0 Å². The molecule has 0 amide bonds. The molecule has 92 valence electrons. The van der Waals surface area contributed by atoms with Gasteiger partial charge in [0.25, 0.3) is 0 Å². The van der Waals surface area contributed by atoms with Crippen LogP contribution in [0.25, 0.3) is 0 Å². The van der Waals surface area contributed by atoms with E-state index in [1.807, 2.05) is 6.19 Å². The van der Waals surface area contributed by atoms with Crippen molar-refractivity contribution in [3.05, 3.63) is 11.9 Å². The third kappa shape index (κ3) is 4.27. The van der Waals surface area contributed by atoms with Gasteiger partial charge in [0.15, 0.2) is 6.19 Å². The van der Waals surface area contributed by atoms with Gasteiger partial charge >= 0.3 is 0 Å². The molecule has 0 saturated heterocycles. The van der Waals surface area contributed by atoms with Gasteiger partial charge in [-0.1, -0.05) is 20.8 Å². The molecule has 0 aliphatic carbocycles. The molecule has 0 unspecified atom stereocenters. The summed E-state index contributed by atoms with van der Waals surface area (Å²) in [5.74, 6) is 1.91. The van der Waals surface area contributed by atoms with Gasteiger partial charge in [0.1, 0.15) is 17.5 Å². The molecule has 1 aromatic rings. The second kappa shape index (κ2) is 5.48. The molecule has 0 spiro atoms. The van der Waals surface area contributed by atoms with Crippen LogP contribution in [0.2, 0.25) is 0 Å². The summed E-state index contributed by atoms with van der Waals surface area (Å²) >= 11 is 0. The smallest absolute Gasteiger partial charge is 0.182 e. The van der Waals surface area contributed by atoms with Crippen molar-refractivity contribution in [1.82, 2.24) is 9.97 Å². The van der Waals surface area contributed by atoms with Crippen molar-refractivity contribution in [1.29, 1.82) is 5.26 Å². The Kier molecular flexibility index (Phi) is 4.27. The van der Waals surface area contributed by atoms with Crippen LogP contribution < -0.4 is 10.6 Å². The number of rotatable bonds is 5. The Morgan fingerprint density at radius 1 is 1.35 bits per heavy atom. The summed E-state index contributed by atoms with van der Waals surface area (Å²) in [5, 5.41) is 14.3. The fourth-order valence-electron chi connectivity index (χ4n) is 1.23. The van der Waals surface area contributed by atoms with Gasteiger partial charge in [-0.05, 0) is 18.8 Å². The molecule has 0 aliphatic rings. The largest absolute Gasteiger partial charge is 0.369 e. The number of anilines is 2. The van der Waals surface area contributed by atoms with Crippen molar-refractivity contribution in [2.24, 2.45) is 5.41 Å². The lowest BCUT2D eigenvalue weighted by atomic mass is 9.90. The van der Waals surface area contributed by atoms with E-state index >= 15 is 0 Å². The third-order valence-electron chi connectivity index (χ3n) is 2.73. The molecular weight excluding hydrogens is 214 g/mol. The van der Waals surface area contributed by atoms with Gasteiger partial charge in [-0.25, -0.2) is 9.97 Å². The Bertz CT molecular complexity index is 419. The minimum atomic E-state index is 0.224. The maximum atomic E-state index is 8.56. The van der Waals surface area contributed by atoms with Gasteiger partial charge < -0.3 is 5.32 Å². The number of aryl methyl sites for hydroxylation is 1. The Morgan fingerprint density at radius 2 is 2.00 bits per heavy atom. The molecule has 0 radical (unpaired) electrons. The second-order valence-corrected chi connectivity index (χ2v) is 4.79. The SMILES string of the molecule is CCC(C)(C)CNc1cc(NC#N)nc(C)n1. The predicted molar refractivity (Wildman–Crippen MR) is 68.6 cm³/mol. The van der Waals surface area contributed by atoms with Crippen molar-refractivity contribution >= 4 is 11.6 Å². The lowest BCUT2D eigenvalue weighted by molar-refractivity contribution is 0.376. The fraction of sp³-hybridized carbons (Fsp3) is 0.583. The minimum Gasteiger partial charge on any atom is -0.369 e. The molecule has 1 rings (SSSR count). The van der Waals surface area contributed by atoms with E-state index < -0.39 is 0 Å². The molecule has 0 aliphatic heterocycles. The van der Waals surface area contributed by atoms with Gasteiger partial charge in [-0.2, -0.15) is 5.26 Å². The first-order valence-corrected chi connectivity index (χ1v) is 5.71. The average molecular weight is 233 g/mol. The summed E-state index contributed by atoms with van der Waals surface area (Å²) in [6.07, 6.45) is 2.94. The maximum absolute atomic E-state index is 8.56. The lowest BCUT2D eigenvalue weighted by Crippen LogP contribution is -2.22. The Hall–Kier alpha value is -1.83. The molecule has 1 aromatic heterocycles. The van der Waals surface area contributed by atoms with Crippen LogP contribution in [0.15, 0.2) is 6.07 Å². The van der Waals surface area contributed by atoms with Crippen LogP contribution in [0.1, 0.15) is 33.0 Å². The van der Waals surface area contributed by atoms with Gasteiger partial charge in [-0.15, -0.1) is 0 Å². The summed E-state index contributed by atoms with van der Waals surface area (Å²) in [4.78, 5) is 8.39. The van der Waals surface area contributed by atoms with E-state index in [4.69, 9.17) is 5.26 Å². The van der Waals surface area contributed by atoms with Crippen LogP contribution in [0, 0.1) is 23.8 Å². The Labute approximate surface area is 102 Å². The monoisotopic (exact) mass is 233 g/mol. The highest BCUT2D eigenvalue weighted by Gasteiger charge is 2.14. The quantitative estimate of drug-likeness (QED) is 0.604. The first kappa shape index (κ1) is 13.2. The topological polar surface area (TPSA) is 73.6 Å². The number of hydrogen-bond acceptors (Lipinski definition) is 5. The second-order valence-electron chi connectivity index (χ2n) is 4.79. The lowest BCUT2D eigenvalue weighted by Gasteiger charge is -2.23. The molecule has 1 heterocycles. The van der Waals surface area contributed by atoms with Gasteiger partial charge in [0.05, 0.1) is 0 Å². The summed E-state index contributed by atoms with van der Waals surface area (Å²) < 4.78 is 0. The van der Waals surface area contributed by atoms with E-state index in [0.717, 1.165) is 18.8 Å². The standard InChI is InChI=1S/C12H19N5/c1-5-12(3,4)7-14-10-6-11(15-8-13)17-9(2)16-10/h6H,5,7H2,1-4H3,(H2,14,15,16,17). The van der Waals surface area contributed by atoms with Crippen molar-refractivity contribution in [3.8, 4) is 6.19 Å². The molecule has 0 saturated carbocycles. The Balaban J connectivity index is 2.75. The highest BCUT2D eigenvalue weighted by Crippen LogP contribution is 2.20. The summed E-state index contributed by atoms with van der Waals surface area (Å²) in [6, 6.07) is 1.74. The zero-order valence-electron chi connectivity index (χ0n) is 10.8. The van der Waals surface area contributed by atoms with E-state index in [9.17, 15) is 0 Å². The zero-order valence-corrected chi connectivity index (χ0v) is 10.8. The molecule has 17 heavy (non-hydrogen) atoms. The predicted octanol–water partition coefficient (Wildman–Crippen LogP) is 2.53. The van der Waals surface area contributed by atoms with Crippen LogP contribution >= 0.6 is 0 Å². The summed E-state index contributed by atoms with van der Waals surface area (Å²) in [7, 11) is 0. The van der Waals surface area contributed by atoms with Crippen molar-refractivity contribution in [2.45, 2.75) is 34.1 Å². The molecule has 0 bridgehead atoms. The number of aromatic nitrogens is 2. The van der Waals surface area contributed by atoms with E-state index in [1.54, 1.807) is 13.0 Å². The normalized spacial score (nSPS) is 10.8. The first-order valence-electron chi connectivity index (χ1n) is 5.71. The molecule has 5 nitrogen and oxygen atoms in total. The third-order valence-corrected chi connectivity index (χ3v) is 2.73. The molecule has 0 fully saturated rings. The Morgan fingerprint density at radius 3 is 2.59 bits per heavy atom. The van der Waals surface area contributed by atoms with Crippen LogP contribution in [0.3, 0.4) is 0 Å². The highest BCUT2D eigenvalue weighted by molar-refractivity contribution is 5.49.